The van der Waals surface area contributed by atoms with Crippen LogP contribution in [0.4, 0.5) is 0 Å². The Kier molecular flexibility index (Phi) is 6.69. The van der Waals surface area contributed by atoms with E-state index in [0.29, 0.717) is 40.0 Å². The van der Waals surface area contributed by atoms with Gasteiger partial charge in [0.1, 0.15) is 5.75 Å². The zero-order valence-electron chi connectivity index (χ0n) is 19.1. The van der Waals surface area contributed by atoms with Crippen molar-refractivity contribution in [3.8, 4) is 5.75 Å². The van der Waals surface area contributed by atoms with Crippen LogP contribution in [0, 0.1) is 5.92 Å². The fourth-order valence-corrected chi connectivity index (χ4v) is 4.50. The fraction of sp³-hybridized carbons (Fsp3) is 0.333. The first kappa shape index (κ1) is 22.8. The lowest BCUT2D eigenvalue weighted by molar-refractivity contribution is -0.120. The number of amides is 1. The van der Waals surface area contributed by atoms with E-state index in [9.17, 15) is 9.59 Å². The Balaban J connectivity index is 1.80. The molecule has 172 valence electrons. The van der Waals surface area contributed by atoms with Crippen LogP contribution in [-0.4, -0.2) is 44.0 Å². The van der Waals surface area contributed by atoms with E-state index in [1.165, 1.54) is 11.8 Å². The Labute approximate surface area is 196 Å². The smallest absolute Gasteiger partial charge is 0.263 e. The predicted molar refractivity (Wildman–Crippen MR) is 130 cm³/mol. The topological polar surface area (TPSA) is 90.5 Å². The molecule has 8 nitrogen and oxygen atoms in total. The number of nitrogens with one attached hydrogen (secondary N) is 1. The van der Waals surface area contributed by atoms with E-state index in [1.54, 1.807) is 17.7 Å². The highest BCUT2D eigenvalue weighted by molar-refractivity contribution is 8.00. The number of fused-ring (bicyclic) bond motifs is 3. The Morgan fingerprint density at radius 2 is 1.82 bits per heavy atom. The number of rotatable bonds is 8. The van der Waals surface area contributed by atoms with Crippen LogP contribution in [0.25, 0.3) is 16.7 Å². The molecule has 1 atom stereocenters. The van der Waals surface area contributed by atoms with Gasteiger partial charge in [0.15, 0.2) is 5.16 Å². The molecule has 33 heavy (non-hydrogen) atoms. The van der Waals surface area contributed by atoms with Crippen molar-refractivity contribution in [3.63, 3.8) is 0 Å². The molecule has 4 rings (SSSR count). The standard InChI is InChI=1S/C24H27N5O3S/c1-15(2)13-25-21(30)16(3)33-24-27-26-23-28(14-17-9-5-8-12-20(17)32-4)22(31)18-10-6-7-11-19(18)29(23)24/h5-12,15-16H,13-14H2,1-4H3,(H,25,30). The third-order valence-corrected chi connectivity index (χ3v) is 6.38. The van der Waals surface area contributed by atoms with Crippen LogP contribution in [-0.2, 0) is 11.3 Å². The molecule has 0 aliphatic rings. The molecule has 1 amide bonds. The summed E-state index contributed by atoms with van der Waals surface area (Å²) in [6, 6.07) is 15.0. The number of para-hydroxylation sites is 2. The van der Waals surface area contributed by atoms with Crippen LogP contribution in [0.5, 0.6) is 5.75 Å². The van der Waals surface area contributed by atoms with E-state index in [2.05, 4.69) is 29.4 Å². The molecule has 1 unspecified atom stereocenters. The van der Waals surface area contributed by atoms with Crippen molar-refractivity contribution < 1.29 is 9.53 Å². The van der Waals surface area contributed by atoms with Gasteiger partial charge in [0.2, 0.25) is 11.7 Å². The summed E-state index contributed by atoms with van der Waals surface area (Å²) >= 11 is 1.32. The van der Waals surface area contributed by atoms with Crippen molar-refractivity contribution in [1.82, 2.24) is 24.5 Å². The van der Waals surface area contributed by atoms with Gasteiger partial charge in [-0.2, -0.15) is 0 Å². The summed E-state index contributed by atoms with van der Waals surface area (Å²) in [7, 11) is 1.61. The first-order chi connectivity index (χ1) is 15.9. The van der Waals surface area contributed by atoms with Crippen LogP contribution < -0.4 is 15.6 Å². The normalized spacial score (nSPS) is 12.4. The molecule has 2 aromatic heterocycles. The van der Waals surface area contributed by atoms with Crippen LogP contribution in [0.1, 0.15) is 26.3 Å². The maximum atomic E-state index is 13.4. The van der Waals surface area contributed by atoms with Crippen molar-refractivity contribution in [2.75, 3.05) is 13.7 Å². The lowest BCUT2D eigenvalue weighted by Gasteiger charge is -2.15. The van der Waals surface area contributed by atoms with Gasteiger partial charge >= 0.3 is 0 Å². The van der Waals surface area contributed by atoms with Gasteiger partial charge in [-0.3, -0.25) is 18.6 Å². The van der Waals surface area contributed by atoms with E-state index in [-0.39, 0.29) is 23.3 Å². The van der Waals surface area contributed by atoms with Crippen LogP contribution in [0.15, 0.2) is 58.5 Å². The minimum Gasteiger partial charge on any atom is -0.496 e. The van der Waals surface area contributed by atoms with Crippen molar-refractivity contribution in [2.45, 2.75) is 37.7 Å². The second-order valence-corrected chi connectivity index (χ2v) is 9.55. The summed E-state index contributed by atoms with van der Waals surface area (Å²) in [5, 5.41) is 12.4. The van der Waals surface area contributed by atoms with Gasteiger partial charge in [-0.25, -0.2) is 0 Å². The molecule has 4 aromatic rings. The van der Waals surface area contributed by atoms with Gasteiger partial charge in [-0.1, -0.05) is 55.9 Å². The number of carbonyl (C=O) groups excluding carboxylic acids is 1. The van der Waals surface area contributed by atoms with E-state index < -0.39 is 0 Å². The Hall–Kier alpha value is -3.33. The SMILES string of the molecule is COc1ccccc1Cn1c(=O)c2ccccc2n2c(SC(C)C(=O)NCC(C)C)nnc12. The van der Waals surface area contributed by atoms with Crippen molar-refractivity contribution >= 4 is 34.3 Å². The molecule has 1 N–H and O–H groups in total. The predicted octanol–water partition coefficient (Wildman–Crippen LogP) is 3.35. The molecule has 0 spiro atoms. The van der Waals surface area contributed by atoms with Gasteiger partial charge in [0.25, 0.3) is 5.56 Å². The third kappa shape index (κ3) is 4.59. The Morgan fingerprint density at radius 1 is 1.09 bits per heavy atom. The second kappa shape index (κ2) is 9.66. The minimum atomic E-state index is -0.371. The molecule has 0 aliphatic carbocycles. The fourth-order valence-electron chi connectivity index (χ4n) is 3.62. The zero-order valence-corrected chi connectivity index (χ0v) is 19.9. The summed E-state index contributed by atoms with van der Waals surface area (Å²) in [6.07, 6.45) is 0. The molecule has 0 saturated heterocycles. The third-order valence-electron chi connectivity index (χ3n) is 5.34. The van der Waals surface area contributed by atoms with Crippen molar-refractivity contribution in [3.05, 3.63) is 64.4 Å². The van der Waals surface area contributed by atoms with E-state index in [1.807, 2.05) is 53.8 Å². The summed E-state index contributed by atoms with van der Waals surface area (Å²) < 4.78 is 8.92. The molecule has 0 radical (unpaired) electrons. The zero-order chi connectivity index (χ0) is 23.5. The van der Waals surface area contributed by atoms with Crippen molar-refractivity contribution in [1.29, 1.82) is 0 Å². The quantitative estimate of drug-likeness (QED) is 0.401. The molecule has 0 bridgehead atoms. The van der Waals surface area contributed by atoms with Gasteiger partial charge in [0, 0.05) is 12.1 Å². The number of carbonyl (C=O) groups is 1. The van der Waals surface area contributed by atoms with Crippen LogP contribution in [0.3, 0.4) is 0 Å². The highest BCUT2D eigenvalue weighted by Gasteiger charge is 2.22. The molecule has 0 saturated carbocycles. The molecule has 2 heterocycles. The Bertz CT molecular complexity index is 1360. The highest BCUT2D eigenvalue weighted by atomic mass is 32.2. The van der Waals surface area contributed by atoms with Crippen molar-refractivity contribution in [2.24, 2.45) is 5.92 Å². The summed E-state index contributed by atoms with van der Waals surface area (Å²) in [4.78, 5) is 26.0. The lowest BCUT2D eigenvalue weighted by Crippen LogP contribution is -2.33. The van der Waals surface area contributed by atoms with Gasteiger partial charge in [0.05, 0.1) is 29.8 Å². The summed E-state index contributed by atoms with van der Waals surface area (Å²) in [6.45, 7) is 6.85. The Morgan fingerprint density at radius 3 is 2.58 bits per heavy atom. The minimum absolute atomic E-state index is 0.0582. The summed E-state index contributed by atoms with van der Waals surface area (Å²) in [5.74, 6) is 1.42. The summed E-state index contributed by atoms with van der Waals surface area (Å²) in [5.41, 5.74) is 1.41. The van der Waals surface area contributed by atoms with Gasteiger partial charge in [-0.15, -0.1) is 10.2 Å². The lowest BCUT2D eigenvalue weighted by atomic mass is 10.2. The maximum Gasteiger partial charge on any atom is 0.263 e. The van der Waals surface area contributed by atoms with Gasteiger partial charge < -0.3 is 10.1 Å². The second-order valence-electron chi connectivity index (χ2n) is 8.24. The molecule has 2 aromatic carbocycles. The highest BCUT2D eigenvalue weighted by Crippen LogP contribution is 2.26. The van der Waals surface area contributed by atoms with E-state index in [4.69, 9.17) is 4.74 Å². The number of nitrogens with zero attached hydrogens (tertiary/aromatic N) is 4. The molecule has 0 aliphatic heterocycles. The van der Waals surface area contributed by atoms with E-state index in [0.717, 1.165) is 5.56 Å². The number of hydrogen-bond donors (Lipinski definition) is 1. The molecular formula is C24H27N5O3S. The monoisotopic (exact) mass is 465 g/mol. The first-order valence-electron chi connectivity index (χ1n) is 10.8. The number of hydrogen-bond acceptors (Lipinski definition) is 6. The van der Waals surface area contributed by atoms with Crippen LogP contribution in [0.2, 0.25) is 0 Å². The first-order valence-corrected chi connectivity index (χ1v) is 11.7. The van der Waals surface area contributed by atoms with Crippen LogP contribution >= 0.6 is 11.8 Å². The molecular weight excluding hydrogens is 438 g/mol. The molecule has 0 fully saturated rings. The number of thioether (sulfide) groups is 1. The number of methoxy groups -OCH3 is 1. The average Bonchev–Trinajstić information content (AvgIpc) is 3.23. The van der Waals surface area contributed by atoms with E-state index >= 15 is 0 Å². The van der Waals surface area contributed by atoms with Gasteiger partial charge in [-0.05, 0) is 31.0 Å². The largest absolute Gasteiger partial charge is 0.496 e. The number of aromatic nitrogens is 4. The molecule has 9 heteroatoms. The number of benzene rings is 2. The number of ether oxygens (including phenoxy) is 1. The average molecular weight is 466 g/mol. The maximum absolute atomic E-state index is 13.4.